The summed E-state index contributed by atoms with van der Waals surface area (Å²) in [6, 6.07) is 7.85. The molecule has 0 aromatic heterocycles. The Morgan fingerprint density at radius 3 is 2.49 bits per heavy atom. The van der Waals surface area contributed by atoms with Crippen LogP contribution in [0.1, 0.15) is 70.8 Å². The molecular formula is C32H50N6O6S. The highest BCUT2D eigenvalue weighted by Gasteiger charge is 2.42. The molecule has 12 nitrogen and oxygen atoms in total. The number of hydrogen-bond acceptors (Lipinski definition) is 7. The number of benzene rings is 1. The summed E-state index contributed by atoms with van der Waals surface area (Å²) in [4.78, 5) is 62.2. The van der Waals surface area contributed by atoms with Crippen LogP contribution in [0.15, 0.2) is 30.3 Å². The molecule has 7 N–H and O–H groups in total. The van der Waals surface area contributed by atoms with E-state index in [0.717, 1.165) is 30.6 Å². The maximum absolute atomic E-state index is 13.3. The minimum Gasteiger partial charge on any atom is -0.384 e. The molecule has 0 spiro atoms. The van der Waals surface area contributed by atoms with E-state index in [0.29, 0.717) is 44.1 Å². The summed E-state index contributed by atoms with van der Waals surface area (Å²) in [7, 11) is 1.58. The molecule has 0 bridgehead atoms. The first kappa shape index (κ1) is 36.2. The number of nitrogens with one attached hydrogen (secondary N) is 5. The summed E-state index contributed by atoms with van der Waals surface area (Å²) in [6.45, 7) is 4.67. The van der Waals surface area contributed by atoms with Gasteiger partial charge in [0.25, 0.3) is 0 Å². The highest BCUT2D eigenvalue weighted by Crippen LogP contribution is 2.33. The van der Waals surface area contributed by atoms with Gasteiger partial charge in [-0.05, 0) is 43.1 Å². The summed E-state index contributed by atoms with van der Waals surface area (Å²) in [5.41, 5.74) is 6.07. The standard InChI is InChI=1S/C32H50N6O6S/c1-32(2,20-44-3)18-27(40)35-23(17-21-11-5-4-6-12-21)30(42)36-22(29(33)41)13-9-10-16-34-26(39)15-8-7-14-25-28-24(19-45-25)37-31(43)38-28/h4-6,11-12,22-25,28H,7-10,13-20H2,1-3H3,(H2,33,41)(H,34,39)(H,35,40)(H,36,42)(H2,37,38,43)/t22?,23-,24?,25+,28?/m1/s1. The predicted octanol–water partition coefficient (Wildman–Crippen LogP) is 1.76. The fraction of sp³-hybridized carbons (Fsp3) is 0.656. The van der Waals surface area contributed by atoms with Crippen molar-refractivity contribution in [2.75, 3.05) is 26.0 Å². The number of primary amides is 1. The molecule has 45 heavy (non-hydrogen) atoms. The van der Waals surface area contributed by atoms with Crippen LogP contribution >= 0.6 is 11.8 Å². The third-order valence-corrected chi connectivity index (χ3v) is 9.60. The van der Waals surface area contributed by atoms with Gasteiger partial charge in [0.05, 0.1) is 18.7 Å². The van der Waals surface area contributed by atoms with Crippen molar-refractivity contribution in [1.82, 2.24) is 26.6 Å². The van der Waals surface area contributed by atoms with Crippen LogP contribution in [0, 0.1) is 5.41 Å². The smallest absolute Gasteiger partial charge is 0.315 e. The maximum Gasteiger partial charge on any atom is 0.315 e. The highest BCUT2D eigenvalue weighted by atomic mass is 32.2. The molecule has 1 aromatic rings. The van der Waals surface area contributed by atoms with Crippen molar-refractivity contribution in [1.29, 1.82) is 0 Å². The summed E-state index contributed by atoms with van der Waals surface area (Å²) in [5.74, 6) is -0.515. The normalized spacial score (nSPS) is 20.3. The molecule has 3 rings (SSSR count). The summed E-state index contributed by atoms with van der Waals surface area (Å²) in [6.07, 6.45) is 5.03. The first-order valence-electron chi connectivity index (χ1n) is 15.8. The number of methoxy groups -OCH3 is 1. The monoisotopic (exact) mass is 646 g/mol. The lowest BCUT2D eigenvalue weighted by atomic mass is 9.90. The molecule has 2 aliphatic rings. The zero-order valence-corrected chi connectivity index (χ0v) is 27.5. The number of carbonyl (C=O) groups is 5. The van der Waals surface area contributed by atoms with Crippen molar-refractivity contribution in [3.8, 4) is 0 Å². The van der Waals surface area contributed by atoms with Crippen LogP contribution in [0.4, 0.5) is 4.79 Å². The largest absolute Gasteiger partial charge is 0.384 e. The summed E-state index contributed by atoms with van der Waals surface area (Å²) >= 11 is 1.87. The van der Waals surface area contributed by atoms with E-state index in [2.05, 4.69) is 26.6 Å². The first-order valence-corrected chi connectivity index (χ1v) is 16.9. The molecule has 0 saturated carbocycles. The Balaban J connectivity index is 1.38. The molecule has 2 heterocycles. The Labute approximate surface area is 270 Å². The van der Waals surface area contributed by atoms with Gasteiger partial charge in [0.2, 0.25) is 23.6 Å². The fourth-order valence-corrected chi connectivity index (χ4v) is 7.35. The van der Waals surface area contributed by atoms with Crippen LogP contribution in [0.5, 0.6) is 0 Å². The first-order chi connectivity index (χ1) is 21.5. The number of carbonyl (C=O) groups excluding carboxylic acids is 5. The lowest BCUT2D eigenvalue weighted by molar-refractivity contribution is -0.132. The lowest BCUT2D eigenvalue weighted by Gasteiger charge is -2.26. The van der Waals surface area contributed by atoms with Crippen molar-refractivity contribution in [2.24, 2.45) is 11.1 Å². The Morgan fingerprint density at radius 1 is 1.02 bits per heavy atom. The van der Waals surface area contributed by atoms with Crippen LogP contribution < -0.4 is 32.3 Å². The SMILES string of the molecule is COCC(C)(C)CC(=O)N[C@H](Cc1ccccc1)C(=O)NC(CCCCNC(=O)CCCC[C@@H]1SCC2NC(=O)NC21)C(N)=O. The van der Waals surface area contributed by atoms with Gasteiger partial charge >= 0.3 is 6.03 Å². The van der Waals surface area contributed by atoms with Gasteiger partial charge in [-0.1, -0.05) is 50.6 Å². The third-order valence-electron chi connectivity index (χ3n) is 8.09. The van der Waals surface area contributed by atoms with Crippen molar-refractivity contribution in [2.45, 2.75) is 101 Å². The molecule has 2 saturated heterocycles. The van der Waals surface area contributed by atoms with Gasteiger partial charge in [0.1, 0.15) is 12.1 Å². The Morgan fingerprint density at radius 2 is 1.78 bits per heavy atom. The van der Waals surface area contributed by atoms with Crippen molar-refractivity contribution in [3.05, 3.63) is 35.9 Å². The number of thioether (sulfide) groups is 1. The number of ether oxygens (including phenoxy) is 1. The zero-order valence-electron chi connectivity index (χ0n) is 26.7. The molecule has 0 radical (unpaired) electrons. The van der Waals surface area contributed by atoms with Crippen LogP contribution in [-0.4, -0.2) is 85.1 Å². The van der Waals surface area contributed by atoms with Gasteiger partial charge < -0.3 is 37.1 Å². The van der Waals surface area contributed by atoms with E-state index in [9.17, 15) is 24.0 Å². The van der Waals surface area contributed by atoms with Gasteiger partial charge in [-0.3, -0.25) is 19.2 Å². The van der Waals surface area contributed by atoms with E-state index in [1.54, 1.807) is 7.11 Å². The van der Waals surface area contributed by atoms with E-state index in [1.165, 1.54) is 0 Å². The molecule has 1 aromatic carbocycles. The summed E-state index contributed by atoms with van der Waals surface area (Å²) < 4.78 is 5.21. The average molecular weight is 647 g/mol. The highest BCUT2D eigenvalue weighted by molar-refractivity contribution is 8.00. The van der Waals surface area contributed by atoms with Crippen LogP contribution in [0.25, 0.3) is 0 Å². The quantitative estimate of drug-likeness (QED) is 0.0922. The molecule has 3 unspecified atom stereocenters. The average Bonchev–Trinajstić information content (AvgIpc) is 3.53. The Kier molecular flexibility index (Phi) is 14.4. The minimum absolute atomic E-state index is 0.0179. The van der Waals surface area contributed by atoms with Crippen molar-refractivity contribution in [3.63, 3.8) is 0 Å². The molecular weight excluding hydrogens is 596 g/mol. The van der Waals surface area contributed by atoms with Gasteiger partial charge in [0.15, 0.2) is 0 Å². The minimum atomic E-state index is -0.902. The second-order valence-corrected chi connectivity index (χ2v) is 14.0. The van der Waals surface area contributed by atoms with Gasteiger partial charge in [-0.25, -0.2) is 4.79 Å². The fourth-order valence-electron chi connectivity index (χ4n) is 5.80. The second-order valence-electron chi connectivity index (χ2n) is 12.8. The lowest BCUT2D eigenvalue weighted by Crippen LogP contribution is -2.54. The molecule has 0 aliphatic carbocycles. The number of amides is 6. The van der Waals surface area contributed by atoms with Crippen LogP contribution in [0.2, 0.25) is 0 Å². The van der Waals surface area contributed by atoms with Crippen LogP contribution in [0.3, 0.4) is 0 Å². The topological polar surface area (TPSA) is 181 Å². The molecule has 6 amide bonds. The number of fused-ring (bicyclic) bond motifs is 1. The third kappa shape index (κ3) is 12.5. The molecule has 2 aliphatic heterocycles. The van der Waals surface area contributed by atoms with E-state index in [4.69, 9.17) is 10.5 Å². The number of unbranched alkanes of at least 4 members (excludes halogenated alkanes) is 2. The van der Waals surface area contributed by atoms with Gasteiger partial charge in [-0.15, -0.1) is 0 Å². The maximum atomic E-state index is 13.3. The number of nitrogens with two attached hydrogens (primary N) is 1. The van der Waals surface area contributed by atoms with Gasteiger partial charge in [-0.2, -0.15) is 11.8 Å². The van der Waals surface area contributed by atoms with Gasteiger partial charge in [0, 0.05) is 43.9 Å². The van der Waals surface area contributed by atoms with E-state index in [1.807, 2.05) is 55.9 Å². The van der Waals surface area contributed by atoms with Crippen LogP contribution in [-0.2, 0) is 30.3 Å². The zero-order chi connectivity index (χ0) is 32.8. The van der Waals surface area contributed by atoms with E-state index in [-0.39, 0.29) is 42.8 Å². The second kappa shape index (κ2) is 18.0. The molecule has 250 valence electrons. The van der Waals surface area contributed by atoms with Crippen molar-refractivity contribution >= 4 is 41.4 Å². The predicted molar refractivity (Wildman–Crippen MR) is 174 cm³/mol. The number of rotatable bonds is 20. The van der Waals surface area contributed by atoms with Crippen molar-refractivity contribution < 1.29 is 28.7 Å². The molecule has 5 atom stereocenters. The van der Waals surface area contributed by atoms with E-state index < -0.39 is 29.3 Å². The summed E-state index contributed by atoms with van der Waals surface area (Å²) in [5, 5.41) is 14.8. The molecule has 13 heteroatoms. The number of urea groups is 1. The number of hydrogen-bond donors (Lipinski definition) is 6. The Bertz CT molecular complexity index is 1150. The Hall–Kier alpha value is -3.32. The molecule has 2 fully saturated rings. The van der Waals surface area contributed by atoms with E-state index >= 15 is 0 Å².